The van der Waals surface area contributed by atoms with Crippen molar-refractivity contribution in [3.8, 4) is 0 Å². The van der Waals surface area contributed by atoms with Gasteiger partial charge in [0.15, 0.2) is 19.0 Å². The maximum absolute atomic E-state index is 15.0. The molecule has 268 valence electrons. The first-order chi connectivity index (χ1) is 23.5. The van der Waals surface area contributed by atoms with Crippen molar-refractivity contribution >= 4 is 18.0 Å². The molecule has 0 saturated carbocycles. The summed E-state index contributed by atoms with van der Waals surface area (Å²) in [6.07, 6.45) is -8.57. The average molecular weight is 717 g/mol. The minimum absolute atomic E-state index is 0.0643. The summed E-state index contributed by atoms with van der Waals surface area (Å²) < 4.78 is 129. The third kappa shape index (κ3) is 9.00. The molecule has 2 unspecified atom stereocenters. The molecule has 2 aliphatic heterocycles. The van der Waals surface area contributed by atoms with E-state index in [9.17, 15) is 49.5 Å². The Morgan fingerprint density at radius 1 is 0.620 bits per heavy atom. The Balaban J connectivity index is 2.05. The Morgan fingerprint density at radius 3 is 1.26 bits per heavy atom. The van der Waals surface area contributed by atoms with Crippen LogP contribution in [0.25, 0.3) is 0 Å². The molecule has 50 heavy (non-hydrogen) atoms. The monoisotopic (exact) mass is 716 g/mol. The summed E-state index contributed by atoms with van der Waals surface area (Å²) in [5, 5.41) is 0. The molecule has 2 aromatic rings. The van der Waals surface area contributed by atoms with E-state index in [1.165, 1.54) is 13.8 Å². The molecule has 2 amide bonds. The van der Waals surface area contributed by atoms with E-state index in [2.05, 4.69) is 0 Å². The van der Waals surface area contributed by atoms with Crippen LogP contribution in [0.15, 0.2) is 95.7 Å². The lowest BCUT2D eigenvalue weighted by molar-refractivity contribution is -0.164. The molecule has 0 N–H and O–H groups in total. The van der Waals surface area contributed by atoms with E-state index in [-0.39, 0.29) is 24.3 Å². The molecule has 17 heteroatoms. The second-order valence-electron chi connectivity index (χ2n) is 10.4. The fourth-order valence-electron chi connectivity index (χ4n) is 5.06. The summed E-state index contributed by atoms with van der Waals surface area (Å²) >= 11 is 0. The van der Waals surface area contributed by atoms with Crippen molar-refractivity contribution in [2.75, 3.05) is 26.4 Å². The lowest BCUT2D eigenvalue weighted by Crippen LogP contribution is -2.41. The number of amides is 2. The van der Waals surface area contributed by atoms with Crippen molar-refractivity contribution in [1.82, 2.24) is 9.80 Å². The molecule has 4 rings (SSSR count). The Hall–Kier alpha value is -5.35. The predicted octanol–water partition coefficient (Wildman–Crippen LogP) is 7.95. The predicted molar refractivity (Wildman–Crippen MR) is 157 cm³/mol. The lowest BCUT2D eigenvalue weighted by atomic mass is 9.83. The Kier molecular flexibility index (Phi) is 11.6. The number of nitrogens with zero attached hydrogens (tertiary/aromatic N) is 2. The molecule has 0 aliphatic carbocycles. The molecule has 0 saturated heterocycles. The third-order valence-corrected chi connectivity index (χ3v) is 7.01. The van der Waals surface area contributed by atoms with Crippen molar-refractivity contribution < 1.29 is 68.5 Å². The van der Waals surface area contributed by atoms with E-state index in [1.54, 1.807) is 0 Å². The van der Waals surface area contributed by atoms with Crippen LogP contribution >= 0.6 is 0 Å². The zero-order valence-corrected chi connectivity index (χ0v) is 26.2. The molecular weight excluding hydrogens is 688 g/mol. The normalized spacial score (nSPS) is 18.0. The van der Waals surface area contributed by atoms with Crippen molar-refractivity contribution in [3.05, 3.63) is 119 Å². The van der Waals surface area contributed by atoms with Crippen LogP contribution in [-0.4, -0.2) is 66.5 Å². The molecule has 2 aliphatic rings. The quantitative estimate of drug-likeness (QED) is 0.231. The highest BCUT2D eigenvalue weighted by atomic mass is 19.4. The number of ether oxygens (including phenoxy) is 4. The molecular formula is C33H28F8N2O7. The smallest absolute Gasteiger partial charge is 0.422 e. The van der Waals surface area contributed by atoms with E-state index < -0.39 is 89.9 Å². The van der Waals surface area contributed by atoms with Gasteiger partial charge in [0.1, 0.15) is 23.2 Å². The largest absolute Gasteiger partial charge is 0.484 e. The van der Waals surface area contributed by atoms with Gasteiger partial charge in [-0.1, -0.05) is 24.3 Å². The average Bonchev–Trinajstić information content (AvgIpc) is 3.05. The number of hydrogen-bond donors (Lipinski definition) is 0. The first kappa shape index (κ1) is 37.5. The van der Waals surface area contributed by atoms with E-state index in [1.807, 2.05) is 0 Å². The zero-order valence-electron chi connectivity index (χ0n) is 26.2. The van der Waals surface area contributed by atoms with Gasteiger partial charge in [0.2, 0.25) is 0 Å². The number of halogens is 8. The minimum atomic E-state index is -4.95. The van der Waals surface area contributed by atoms with E-state index in [0.717, 1.165) is 82.9 Å². The van der Waals surface area contributed by atoms with Gasteiger partial charge in [-0.05, 0) is 61.4 Å². The Morgan fingerprint density at radius 2 is 0.960 bits per heavy atom. The lowest BCUT2D eigenvalue weighted by Gasteiger charge is -2.37. The SMILES string of the molecule is CCOC(=O)N1C=CC(OCC(F)(F)F)=C(C(=O)C2=C(OCC(F)(F)F)C=CN(C(=O)OCC)C2c2ccc(F)cc2)C1c1ccc(F)cc1. The van der Waals surface area contributed by atoms with Crippen LogP contribution < -0.4 is 0 Å². The maximum atomic E-state index is 15.0. The van der Waals surface area contributed by atoms with Gasteiger partial charge in [-0.2, -0.15) is 26.3 Å². The number of benzene rings is 2. The number of rotatable bonds is 10. The van der Waals surface area contributed by atoms with E-state index >= 15 is 0 Å². The highest BCUT2D eigenvalue weighted by Crippen LogP contribution is 2.44. The third-order valence-electron chi connectivity index (χ3n) is 7.01. The molecule has 0 fully saturated rings. The fraction of sp³-hybridized carbons (Fsp3) is 0.303. The van der Waals surface area contributed by atoms with Gasteiger partial charge in [-0.25, -0.2) is 18.4 Å². The first-order valence-corrected chi connectivity index (χ1v) is 14.7. The molecule has 0 radical (unpaired) electrons. The molecule has 2 atom stereocenters. The van der Waals surface area contributed by atoms with Gasteiger partial charge in [0.25, 0.3) is 0 Å². The van der Waals surface area contributed by atoms with E-state index in [4.69, 9.17) is 18.9 Å². The highest BCUT2D eigenvalue weighted by Gasteiger charge is 2.45. The van der Waals surface area contributed by atoms with Crippen LogP contribution in [0.1, 0.15) is 37.1 Å². The van der Waals surface area contributed by atoms with Gasteiger partial charge < -0.3 is 18.9 Å². The number of hydrogen-bond acceptors (Lipinski definition) is 7. The number of allylic oxidation sites excluding steroid dienone is 2. The number of ketones is 1. The summed E-state index contributed by atoms with van der Waals surface area (Å²) in [4.78, 5) is 42.9. The highest BCUT2D eigenvalue weighted by molar-refractivity contribution is 6.12. The number of alkyl halides is 6. The van der Waals surface area contributed by atoms with Gasteiger partial charge >= 0.3 is 24.5 Å². The van der Waals surface area contributed by atoms with E-state index in [0.29, 0.717) is 0 Å². The van der Waals surface area contributed by atoms with Gasteiger partial charge in [0.05, 0.1) is 36.4 Å². The van der Waals surface area contributed by atoms with Crippen LogP contribution in [0.3, 0.4) is 0 Å². The van der Waals surface area contributed by atoms with Crippen molar-refractivity contribution in [2.45, 2.75) is 38.3 Å². The molecule has 0 spiro atoms. The van der Waals surface area contributed by atoms with Gasteiger partial charge in [0, 0.05) is 12.4 Å². The topological polar surface area (TPSA) is 94.6 Å². The summed E-state index contributed by atoms with van der Waals surface area (Å²) in [5.74, 6) is -4.45. The van der Waals surface area contributed by atoms with Crippen LogP contribution in [0.2, 0.25) is 0 Å². The van der Waals surface area contributed by atoms with Gasteiger partial charge in [-0.15, -0.1) is 0 Å². The summed E-state index contributed by atoms with van der Waals surface area (Å²) in [6, 6.07) is 4.69. The standard InChI is InChI=1S/C33H28F8N2O7/c1-3-47-30(45)42-15-13-23(49-17-32(36,37)38)25(27(42)19-5-9-21(34)10-6-19)29(44)26-24(50-18-33(39,40)41)14-16-43(31(46)48-4-2)28(26)20-7-11-22(35)12-8-20/h5-16,27-28H,3-4,17-18H2,1-2H3. The van der Waals surface area contributed by atoms with Crippen LogP contribution in [0, 0.1) is 11.6 Å². The Labute approximate surface area is 279 Å². The van der Waals surface area contributed by atoms with Crippen LogP contribution in [-0.2, 0) is 23.7 Å². The fourth-order valence-corrected chi connectivity index (χ4v) is 5.06. The molecule has 0 aromatic heterocycles. The van der Waals surface area contributed by atoms with Crippen molar-refractivity contribution in [3.63, 3.8) is 0 Å². The second kappa shape index (κ2) is 15.5. The molecule has 2 heterocycles. The van der Waals surface area contributed by atoms with Crippen molar-refractivity contribution in [1.29, 1.82) is 0 Å². The van der Waals surface area contributed by atoms with Crippen molar-refractivity contribution in [2.24, 2.45) is 0 Å². The Bertz CT molecular complexity index is 1570. The summed E-state index contributed by atoms with van der Waals surface area (Å²) in [5.41, 5.74) is -1.65. The summed E-state index contributed by atoms with van der Waals surface area (Å²) in [6.45, 7) is -1.41. The summed E-state index contributed by atoms with van der Waals surface area (Å²) in [7, 11) is 0. The molecule has 0 bridgehead atoms. The number of carbonyl (C=O) groups excluding carboxylic acids is 3. The maximum Gasteiger partial charge on any atom is 0.422 e. The molecule has 2 aromatic carbocycles. The van der Waals surface area contributed by atoms with Gasteiger partial charge in [-0.3, -0.25) is 14.6 Å². The molecule has 9 nitrogen and oxygen atoms in total. The number of carbonyl (C=O) groups is 3. The second-order valence-corrected chi connectivity index (χ2v) is 10.4. The van der Waals surface area contributed by atoms with Crippen LogP contribution in [0.4, 0.5) is 44.7 Å². The van der Waals surface area contributed by atoms with Crippen LogP contribution in [0.5, 0.6) is 0 Å². The first-order valence-electron chi connectivity index (χ1n) is 14.7. The zero-order chi connectivity index (χ0) is 36.8. The number of Topliss-reactive ketones (excluding diaryl/α,β-unsaturated/α-hetero) is 1. The minimum Gasteiger partial charge on any atom is -0.484 e.